The van der Waals surface area contributed by atoms with Crippen molar-refractivity contribution >= 4 is 29.6 Å². The van der Waals surface area contributed by atoms with E-state index in [1.54, 1.807) is 30.3 Å². The van der Waals surface area contributed by atoms with Crippen LogP contribution in [0.15, 0.2) is 53.5 Å². The number of guanidine groups is 1. The minimum atomic E-state index is -1.32. The minimum absolute atomic E-state index is 0.0880. The Morgan fingerprint density at radius 3 is 2.55 bits per heavy atom. The van der Waals surface area contributed by atoms with Gasteiger partial charge >= 0.3 is 6.09 Å². The number of amides is 3. The Hall–Kier alpha value is -4.32. The number of aliphatic imine (C=N–C) groups is 1. The van der Waals surface area contributed by atoms with Crippen molar-refractivity contribution in [2.75, 3.05) is 25.0 Å². The second-order valence-electron chi connectivity index (χ2n) is 7.16. The van der Waals surface area contributed by atoms with Crippen LogP contribution in [-0.2, 0) is 4.79 Å². The smallest absolute Gasteiger partial charge is 0.406 e. The average Bonchev–Trinajstić information content (AvgIpc) is 2.78. The highest BCUT2D eigenvalue weighted by Gasteiger charge is 2.18. The van der Waals surface area contributed by atoms with Crippen LogP contribution >= 0.6 is 0 Å². The van der Waals surface area contributed by atoms with E-state index < -0.39 is 36.7 Å². The Morgan fingerprint density at radius 2 is 1.88 bits per heavy atom. The second kappa shape index (κ2) is 10.8. The van der Waals surface area contributed by atoms with Crippen molar-refractivity contribution in [3.05, 3.63) is 59.7 Å². The van der Waals surface area contributed by atoms with Crippen molar-refractivity contribution in [1.82, 2.24) is 21.3 Å². The van der Waals surface area contributed by atoms with Crippen LogP contribution < -0.4 is 26.6 Å². The van der Waals surface area contributed by atoms with E-state index in [0.29, 0.717) is 23.8 Å². The third-order valence-electron chi connectivity index (χ3n) is 4.52. The summed E-state index contributed by atoms with van der Waals surface area (Å²) >= 11 is 0. The van der Waals surface area contributed by atoms with Gasteiger partial charge in [-0.15, -0.1) is 0 Å². The topological polar surface area (TPSA) is 184 Å². The molecular weight excluding hydrogens is 432 g/mol. The van der Waals surface area contributed by atoms with E-state index in [-0.39, 0.29) is 17.9 Å². The molecule has 2 aromatic carbocycles. The Morgan fingerprint density at radius 1 is 1.12 bits per heavy atom. The zero-order valence-corrected chi connectivity index (χ0v) is 17.4. The first-order chi connectivity index (χ1) is 15.8. The van der Waals surface area contributed by atoms with Crippen LogP contribution in [0.4, 0.5) is 10.5 Å². The van der Waals surface area contributed by atoms with Crippen LogP contribution in [0.5, 0.6) is 5.75 Å². The van der Waals surface area contributed by atoms with E-state index in [2.05, 4.69) is 31.6 Å². The molecule has 0 aliphatic carbocycles. The quantitative estimate of drug-likeness (QED) is 0.266. The van der Waals surface area contributed by atoms with Crippen LogP contribution in [0.3, 0.4) is 0 Å². The van der Waals surface area contributed by atoms with E-state index >= 15 is 0 Å². The number of carbonyl (C=O) groups excluding carboxylic acids is 2. The standard InChI is InChI=1S/C21H24N6O6/c28-15-7-13(6-14(8-15)25-20-23-9-16(29)10-24-20)19(31)22-11-17(30)26-18(27-21(32)33)12-4-2-1-3-5-12/h1-8,16,18,27-29H,9-11H2,(H,22,31)(H,26,30)(H,32,33)(H2,23,24,25). The molecule has 0 saturated heterocycles. The highest BCUT2D eigenvalue weighted by atomic mass is 16.4. The van der Waals surface area contributed by atoms with E-state index in [0.717, 1.165) is 0 Å². The molecule has 12 nitrogen and oxygen atoms in total. The molecule has 3 amide bonds. The zero-order chi connectivity index (χ0) is 23.8. The summed E-state index contributed by atoms with van der Waals surface area (Å²) in [6, 6.07) is 12.5. The summed E-state index contributed by atoms with van der Waals surface area (Å²) in [6.07, 6.45) is -2.90. The van der Waals surface area contributed by atoms with E-state index in [1.165, 1.54) is 18.2 Å². The monoisotopic (exact) mass is 456 g/mol. The Balaban J connectivity index is 1.59. The summed E-state index contributed by atoms with van der Waals surface area (Å²) in [5, 5.41) is 41.4. The molecule has 2 aromatic rings. The van der Waals surface area contributed by atoms with Gasteiger partial charge in [-0.1, -0.05) is 30.3 Å². The number of aliphatic hydroxyl groups excluding tert-OH is 1. The molecule has 12 heteroatoms. The van der Waals surface area contributed by atoms with Crippen LogP contribution in [0.25, 0.3) is 0 Å². The fourth-order valence-electron chi connectivity index (χ4n) is 3.01. The number of hydrogen-bond acceptors (Lipinski definition) is 8. The number of phenolic OH excluding ortho intramolecular Hbond substituents is 1. The number of aliphatic hydroxyl groups is 1. The van der Waals surface area contributed by atoms with Crippen LogP contribution in [-0.4, -0.2) is 64.9 Å². The van der Waals surface area contributed by atoms with Gasteiger partial charge in [-0.2, -0.15) is 0 Å². The van der Waals surface area contributed by atoms with Gasteiger partial charge in [0.2, 0.25) is 5.91 Å². The molecule has 3 rings (SSSR count). The number of benzene rings is 2. The van der Waals surface area contributed by atoms with Gasteiger partial charge in [0.1, 0.15) is 11.9 Å². The molecule has 2 unspecified atom stereocenters. The van der Waals surface area contributed by atoms with Crippen LogP contribution in [0, 0.1) is 0 Å². The molecule has 0 aromatic heterocycles. The van der Waals surface area contributed by atoms with Gasteiger partial charge in [-0.05, 0) is 17.7 Å². The fourth-order valence-corrected chi connectivity index (χ4v) is 3.01. The van der Waals surface area contributed by atoms with Crippen molar-refractivity contribution in [3.8, 4) is 5.75 Å². The Kier molecular flexibility index (Phi) is 7.65. The molecule has 0 bridgehead atoms. The highest BCUT2D eigenvalue weighted by molar-refractivity contribution is 6.00. The summed E-state index contributed by atoms with van der Waals surface area (Å²) in [7, 11) is 0. The predicted molar refractivity (Wildman–Crippen MR) is 119 cm³/mol. The number of rotatable bonds is 7. The predicted octanol–water partition coefficient (Wildman–Crippen LogP) is -0.0634. The zero-order valence-electron chi connectivity index (χ0n) is 17.4. The summed E-state index contributed by atoms with van der Waals surface area (Å²) in [6.45, 7) is 0.110. The average molecular weight is 456 g/mol. The number of β-amino-alcohol motifs (C(OH)–C–C–N with tert-alkyl or cyclic N) is 1. The number of nitrogens with one attached hydrogen (secondary N) is 5. The molecule has 33 heavy (non-hydrogen) atoms. The SMILES string of the molecule is O=C(O)NC(NC(=O)CNC(=O)c1cc(O)cc(NC2=NCC(O)CN2)c1)c1ccccc1. The molecule has 1 aliphatic heterocycles. The molecule has 0 saturated carbocycles. The number of carbonyl (C=O) groups is 3. The largest absolute Gasteiger partial charge is 0.508 e. The van der Waals surface area contributed by atoms with Crippen LogP contribution in [0.1, 0.15) is 22.1 Å². The van der Waals surface area contributed by atoms with Crippen molar-refractivity contribution in [2.45, 2.75) is 12.3 Å². The number of phenols is 1. The lowest BCUT2D eigenvalue weighted by Gasteiger charge is -2.20. The van der Waals surface area contributed by atoms with Gasteiger partial charge < -0.3 is 36.6 Å². The lowest BCUT2D eigenvalue weighted by atomic mass is 10.1. The Labute approximate surface area is 188 Å². The number of nitrogens with zero attached hydrogens (tertiary/aromatic N) is 1. The summed E-state index contributed by atoms with van der Waals surface area (Å²) in [4.78, 5) is 40.0. The molecule has 174 valence electrons. The van der Waals surface area contributed by atoms with Gasteiger partial charge in [0.25, 0.3) is 5.91 Å². The summed E-state index contributed by atoms with van der Waals surface area (Å²) in [5.74, 6) is -1.04. The van der Waals surface area contributed by atoms with Crippen molar-refractivity contribution in [1.29, 1.82) is 0 Å². The van der Waals surface area contributed by atoms with Gasteiger partial charge in [0, 0.05) is 23.9 Å². The van der Waals surface area contributed by atoms with Gasteiger partial charge in [0.15, 0.2) is 5.96 Å². The third kappa shape index (κ3) is 7.11. The molecular formula is C21H24N6O6. The molecule has 1 heterocycles. The summed E-state index contributed by atoms with van der Waals surface area (Å²) in [5.41, 5.74) is 0.988. The number of anilines is 1. The lowest BCUT2D eigenvalue weighted by molar-refractivity contribution is -0.121. The molecule has 0 spiro atoms. The maximum Gasteiger partial charge on any atom is 0.406 e. The number of carboxylic acid groups (broad SMARTS) is 1. The van der Waals surface area contributed by atoms with Crippen molar-refractivity contribution in [2.24, 2.45) is 4.99 Å². The molecule has 0 fully saturated rings. The third-order valence-corrected chi connectivity index (χ3v) is 4.52. The Bertz CT molecular complexity index is 1040. The second-order valence-corrected chi connectivity index (χ2v) is 7.16. The molecule has 0 radical (unpaired) electrons. The highest BCUT2D eigenvalue weighted by Crippen LogP contribution is 2.20. The summed E-state index contributed by atoms with van der Waals surface area (Å²) < 4.78 is 0. The maximum absolute atomic E-state index is 12.5. The van der Waals surface area contributed by atoms with Gasteiger partial charge in [-0.25, -0.2) is 4.79 Å². The molecule has 1 aliphatic rings. The lowest BCUT2D eigenvalue weighted by Crippen LogP contribution is -2.44. The molecule has 2 atom stereocenters. The van der Waals surface area contributed by atoms with Crippen molar-refractivity contribution < 1.29 is 29.7 Å². The van der Waals surface area contributed by atoms with Crippen LogP contribution in [0.2, 0.25) is 0 Å². The molecule has 8 N–H and O–H groups in total. The van der Waals surface area contributed by atoms with E-state index in [9.17, 15) is 24.6 Å². The minimum Gasteiger partial charge on any atom is -0.508 e. The normalized spacial score (nSPS) is 15.9. The maximum atomic E-state index is 12.5. The number of hydrogen-bond donors (Lipinski definition) is 8. The first kappa shape index (κ1) is 23.3. The number of aromatic hydroxyl groups is 1. The van der Waals surface area contributed by atoms with Gasteiger partial charge in [-0.3, -0.25) is 19.9 Å². The van der Waals surface area contributed by atoms with E-state index in [1.807, 2.05) is 0 Å². The first-order valence-electron chi connectivity index (χ1n) is 9.99. The fraction of sp³-hybridized carbons (Fsp3) is 0.238. The van der Waals surface area contributed by atoms with Gasteiger partial charge in [0.05, 0.1) is 19.2 Å². The van der Waals surface area contributed by atoms with E-state index in [4.69, 9.17) is 5.11 Å². The van der Waals surface area contributed by atoms with Crippen molar-refractivity contribution in [3.63, 3.8) is 0 Å². The first-order valence-corrected chi connectivity index (χ1v) is 9.99.